The molecule has 12 aromatic rings. The molecule has 9 aromatic carbocycles. The Morgan fingerprint density at radius 2 is 0.833 bits per heavy atom. The van der Waals surface area contributed by atoms with Crippen LogP contribution in [0, 0.1) is 0 Å². The molecule has 0 unspecified atom stereocenters. The van der Waals surface area contributed by atoms with Crippen molar-refractivity contribution in [2.24, 2.45) is 0 Å². The number of aromatic nitrogens is 4. The predicted molar refractivity (Wildman–Crippen MR) is 250 cm³/mol. The Balaban J connectivity index is 1.05. The van der Waals surface area contributed by atoms with E-state index in [0.717, 1.165) is 50.2 Å². The quantitative estimate of drug-likeness (QED) is 0.169. The molecule has 60 heavy (non-hydrogen) atoms. The van der Waals surface area contributed by atoms with Gasteiger partial charge in [-0.15, -0.1) is 0 Å². The molecule has 0 saturated heterocycles. The van der Waals surface area contributed by atoms with E-state index >= 15 is 0 Å². The standard InChI is InChI=1S/C56H36N4/c1-4-16-37(17-5-1)40-22-14-24-42(34-40)59-50-28-12-10-25-46(50)54-52(59)32-33-53-55(54)47-26-11-13-29-51(47)60(53)43-30-31-44-41(35-43)23-15-27-45(44)49-36-48(38-18-6-2-7-19-38)57-56(58-49)39-20-8-3-9-21-39/h1-36H. The summed E-state index contributed by atoms with van der Waals surface area (Å²) in [7, 11) is 0. The summed E-state index contributed by atoms with van der Waals surface area (Å²) >= 11 is 0. The van der Waals surface area contributed by atoms with Crippen molar-refractivity contribution in [2.75, 3.05) is 0 Å². The number of benzene rings is 9. The summed E-state index contributed by atoms with van der Waals surface area (Å²) in [4.78, 5) is 10.2. The SMILES string of the molecule is c1ccc(-c2cccc(-n3c4ccccc4c4c5c6ccccc6n(-c6ccc7c(-c8cc(-c9ccccc9)nc(-c9ccccc9)n8)cccc7c6)c5ccc43)c2)cc1. The molecule has 0 amide bonds. The molecule has 4 heteroatoms. The molecule has 0 aliphatic carbocycles. The molecule has 0 saturated carbocycles. The van der Waals surface area contributed by atoms with Gasteiger partial charge in [-0.1, -0.05) is 164 Å². The largest absolute Gasteiger partial charge is 0.309 e. The van der Waals surface area contributed by atoms with E-state index in [1.807, 2.05) is 24.3 Å². The normalized spacial score (nSPS) is 11.7. The third-order valence-corrected chi connectivity index (χ3v) is 11.9. The zero-order chi connectivity index (χ0) is 39.6. The molecule has 0 bridgehead atoms. The molecule has 0 fully saturated rings. The van der Waals surface area contributed by atoms with E-state index in [2.05, 4.69) is 203 Å². The average Bonchev–Trinajstić information content (AvgIpc) is 3.85. The molecule has 0 radical (unpaired) electrons. The molecular formula is C56H36N4. The van der Waals surface area contributed by atoms with Crippen molar-refractivity contribution in [2.45, 2.75) is 0 Å². The third kappa shape index (κ3) is 5.46. The van der Waals surface area contributed by atoms with Gasteiger partial charge in [0.1, 0.15) is 0 Å². The highest BCUT2D eigenvalue weighted by Gasteiger charge is 2.21. The highest BCUT2D eigenvalue weighted by Crippen LogP contribution is 2.43. The van der Waals surface area contributed by atoms with Crippen LogP contribution in [0.4, 0.5) is 0 Å². The molecular weight excluding hydrogens is 729 g/mol. The fourth-order valence-corrected chi connectivity index (χ4v) is 9.22. The van der Waals surface area contributed by atoms with Gasteiger partial charge in [0, 0.05) is 49.6 Å². The Bertz CT molecular complexity index is 3530. The van der Waals surface area contributed by atoms with E-state index in [1.54, 1.807) is 0 Å². The fourth-order valence-electron chi connectivity index (χ4n) is 9.22. The molecule has 280 valence electrons. The Labute approximate surface area is 346 Å². The van der Waals surface area contributed by atoms with Gasteiger partial charge in [0.25, 0.3) is 0 Å². The van der Waals surface area contributed by atoms with Crippen LogP contribution in [0.5, 0.6) is 0 Å². The van der Waals surface area contributed by atoms with E-state index in [1.165, 1.54) is 54.7 Å². The van der Waals surface area contributed by atoms with Gasteiger partial charge >= 0.3 is 0 Å². The third-order valence-electron chi connectivity index (χ3n) is 11.9. The molecule has 0 spiro atoms. The highest BCUT2D eigenvalue weighted by molar-refractivity contribution is 6.29. The summed E-state index contributed by atoms with van der Waals surface area (Å²) in [5, 5.41) is 7.28. The highest BCUT2D eigenvalue weighted by atomic mass is 15.0. The van der Waals surface area contributed by atoms with Crippen molar-refractivity contribution in [3.63, 3.8) is 0 Å². The topological polar surface area (TPSA) is 35.6 Å². The summed E-state index contributed by atoms with van der Waals surface area (Å²) in [6.45, 7) is 0. The first-order chi connectivity index (χ1) is 29.8. The van der Waals surface area contributed by atoms with Crippen molar-refractivity contribution in [3.05, 3.63) is 218 Å². The van der Waals surface area contributed by atoms with Crippen LogP contribution in [0.25, 0.3) is 111 Å². The minimum atomic E-state index is 0.711. The smallest absolute Gasteiger partial charge is 0.160 e. The van der Waals surface area contributed by atoms with Gasteiger partial charge in [0.2, 0.25) is 0 Å². The second kappa shape index (κ2) is 13.8. The monoisotopic (exact) mass is 764 g/mol. The zero-order valence-corrected chi connectivity index (χ0v) is 32.6. The van der Waals surface area contributed by atoms with Gasteiger partial charge in [-0.25, -0.2) is 9.97 Å². The summed E-state index contributed by atoms with van der Waals surface area (Å²) in [6.07, 6.45) is 0. The van der Waals surface area contributed by atoms with Crippen molar-refractivity contribution in [1.82, 2.24) is 19.1 Å². The lowest BCUT2D eigenvalue weighted by molar-refractivity contribution is 1.17. The minimum absolute atomic E-state index is 0.711. The number of para-hydroxylation sites is 2. The molecule has 0 aliphatic heterocycles. The predicted octanol–water partition coefficient (Wildman–Crippen LogP) is 14.5. The summed E-state index contributed by atoms with van der Waals surface area (Å²) in [5.74, 6) is 0.711. The van der Waals surface area contributed by atoms with E-state index in [9.17, 15) is 0 Å². The maximum absolute atomic E-state index is 5.18. The summed E-state index contributed by atoms with van der Waals surface area (Å²) in [6, 6.07) is 77.9. The minimum Gasteiger partial charge on any atom is -0.309 e. The lowest BCUT2D eigenvalue weighted by atomic mass is 9.99. The lowest BCUT2D eigenvalue weighted by Gasteiger charge is -2.13. The molecule has 4 nitrogen and oxygen atoms in total. The van der Waals surface area contributed by atoms with E-state index in [4.69, 9.17) is 9.97 Å². The van der Waals surface area contributed by atoms with Gasteiger partial charge in [-0.05, 0) is 76.5 Å². The van der Waals surface area contributed by atoms with Gasteiger partial charge in [0.15, 0.2) is 5.82 Å². The van der Waals surface area contributed by atoms with Crippen molar-refractivity contribution < 1.29 is 0 Å². The second-order valence-electron chi connectivity index (χ2n) is 15.4. The van der Waals surface area contributed by atoms with Gasteiger partial charge in [-0.2, -0.15) is 0 Å². The number of fused-ring (bicyclic) bond motifs is 8. The first kappa shape index (κ1) is 34.0. The lowest BCUT2D eigenvalue weighted by Crippen LogP contribution is -1.97. The van der Waals surface area contributed by atoms with Crippen molar-refractivity contribution in [3.8, 4) is 56.4 Å². The molecule has 12 rings (SSSR count). The number of hydrogen-bond acceptors (Lipinski definition) is 2. The van der Waals surface area contributed by atoms with Gasteiger partial charge in [0.05, 0.1) is 33.5 Å². The molecule has 3 heterocycles. The Morgan fingerprint density at radius 3 is 1.50 bits per heavy atom. The van der Waals surface area contributed by atoms with Gasteiger partial charge < -0.3 is 9.13 Å². The average molecular weight is 765 g/mol. The fraction of sp³-hybridized carbons (Fsp3) is 0. The number of hydrogen-bond donors (Lipinski definition) is 0. The van der Waals surface area contributed by atoms with Crippen LogP contribution in [0.15, 0.2) is 218 Å². The van der Waals surface area contributed by atoms with Crippen molar-refractivity contribution in [1.29, 1.82) is 0 Å². The van der Waals surface area contributed by atoms with Gasteiger partial charge in [-0.3, -0.25) is 0 Å². The molecule has 3 aromatic heterocycles. The number of rotatable bonds is 6. The second-order valence-corrected chi connectivity index (χ2v) is 15.4. The zero-order valence-electron chi connectivity index (χ0n) is 32.6. The van der Waals surface area contributed by atoms with Crippen LogP contribution in [-0.2, 0) is 0 Å². The molecule has 0 atom stereocenters. The summed E-state index contributed by atoms with van der Waals surface area (Å²) in [5.41, 5.74) is 14.3. The van der Waals surface area contributed by atoms with E-state index < -0.39 is 0 Å². The maximum atomic E-state index is 5.18. The first-order valence-corrected chi connectivity index (χ1v) is 20.4. The van der Waals surface area contributed by atoms with Crippen LogP contribution in [0.1, 0.15) is 0 Å². The van der Waals surface area contributed by atoms with Crippen molar-refractivity contribution >= 4 is 54.4 Å². The van der Waals surface area contributed by atoms with E-state index in [-0.39, 0.29) is 0 Å². The van der Waals surface area contributed by atoms with Crippen LogP contribution in [0.2, 0.25) is 0 Å². The molecule has 0 aliphatic rings. The van der Waals surface area contributed by atoms with E-state index in [0.29, 0.717) is 5.82 Å². The first-order valence-electron chi connectivity index (χ1n) is 20.4. The maximum Gasteiger partial charge on any atom is 0.160 e. The summed E-state index contributed by atoms with van der Waals surface area (Å²) < 4.78 is 4.86. The Hall–Kier alpha value is -8.08. The van der Waals surface area contributed by atoms with Crippen LogP contribution in [-0.4, -0.2) is 19.1 Å². The van der Waals surface area contributed by atoms with Crippen LogP contribution >= 0.6 is 0 Å². The Kier molecular flexibility index (Phi) is 7.82. The Morgan fingerprint density at radius 1 is 0.300 bits per heavy atom. The van der Waals surface area contributed by atoms with Crippen LogP contribution in [0.3, 0.4) is 0 Å². The molecule has 0 N–H and O–H groups in total. The van der Waals surface area contributed by atoms with Crippen LogP contribution < -0.4 is 0 Å². The number of nitrogens with zero attached hydrogens (tertiary/aromatic N) is 4.